The first-order valence-electron chi connectivity index (χ1n) is 10.9. The molecule has 0 amide bonds. The summed E-state index contributed by atoms with van der Waals surface area (Å²) in [5.74, 6) is -0.997. The highest BCUT2D eigenvalue weighted by Crippen LogP contribution is 2.45. The molecule has 1 aromatic carbocycles. The minimum absolute atomic E-state index is 0.101. The molecule has 4 rings (SSSR count). The van der Waals surface area contributed by atoms with Crippen molar-refractivity contribution < 1.29 is 33.2 Å². The minimum Gasteiger partial charge on any atom is -0.466 e. The van der Waals surface area contributed by atoms with E-state index in [1.807, 2.05) is 30.3 Å². The Bertz CT molecular complexity index is 696. The first kappa shape index (κ1) is 21.7. The molecule has 3 fully saturated rings. The van der Waals surface area contributed by atoms with Crippen LogP contribution in [0.15, 0.2) is 30.3 Å². The highest BCUT2D eigenvalue weighted by atomic mass is 16.7. The van der Waals surface area contributed by atoms with Gasteiger partial charge in [0.25, 0.3) is 0 Å². The molecule has 7 nitrogen and oxygen atoms in total. The van der Waals surface area contributed by atoms with Crippen molar-refractivity contribution >= 4 is 5.97 Å². The summed E-state index contributed by atoms with van der Waals surface area (Å²) in [7, 11) is 1.69. The number of benzene rings is 1. The van der Waals surface area contributed by atoms with Gasteiger partial charge in [-0.1, -0.05) is 30.3 Å². The van der Waals surface area contributed by atoms with Crippen molar-refractivity contribution in [2.24, 2.45) is 0 Å². The van der Waals surface area contributed by atoms with E-state index in [0.29, 0.717) is 19.6 Å². The van der Waals surface area contributed by atoms with Crippen molar-refractivity contribution in [1.29, 1.82) is 0 Å². The molecule has 0 radical (unpaired) electrons. The molecular formula is C23H32O7. The Kier molecular flexibility index (Phi) is 7.05. The Morgan fingerprint density at radius 3 is 2.87 bits per heavy atom. The molecule has 3 heterocycles. The van der Waals surface area contributed by atoms with Gasteiger partial charge in [-0.3, -0.25) is 4.79 Å². The van der Waals surface area contributed by atoms with E-state index in [1.54, 1.807) is 7.11 Å². The second-order valence-electron chi connectivity index (χ2n) is 8.25. The van der Waals surface area contributed by atoms with E-state index < -0.39 is 5.79 Å². The molecule has 3 unspecified atom stereocenters. The summed E-state index contributed by atoms with van der Waals surface area (Å²) in [5.41, 5.74) is 1.11. The lowest BCUT2D eigenvalue weighted by Gasteiger charge is -2.49. The van der Waals surface area contributed by atoms with Crippen LogP contribution in [-0.4, -0.2) is 62.6 Å². The van der Waals surface area contributed by atoms with Crippen molar-refractivity contribution in [3.05, 3.63) is 35.9 Å². The van der Waals surface area contributed by atoms with Crippen molar-refractivity contribution in [2.75, 3.05) is 20.3 Å². The van der Waals surface area contributed by atoms with Gasteiger partial charge < -0.3 is 28.4 Å². The monoisotopic (exact) mass is 420 g/mol. The van der Waals surface area contributed by atoms with Gasteiger partial charge in [0, 0.05) is 33.5 Å². The van der Waals surface area contributed by atoms with Crippen LogP contribution >= 0.6 is 0 Å². The number of fused-ring (bicyclic) bond motifs is 2. The normalized spacial score (nSPS) is 35.5. The summed E-state index contributed by atoms with van der Waals surface area (Å²) in [6.45, 7) is 3.01. The molecular weight excluding hydrogens is 388 g/mol. The summed E-state index contributed by atoms with van der Waals surface area (Å²) < 4.78 is 36.2. The van der Waals surface area contributed by atoms with E-state index in [0.717, 1.165) is 37.9 Å². The third-order valence-electron chi connectivity index (χ3n) is 6.24. The van der Waals surface area contributed by atoms with Gasteiger partial charge in [-0.25, -0.2) is 0 Å². The van der Waals surface area contributed by atoms with Gasteiger partial charge in [0.15, 0.2) is 5.79 Å². The van der Waals surface area contributed by atoms with Crippen molar-refractivity contribution in [3.8, 4) is 0 Å². The molecule has 0 bridgehead atoms. The number of ether oxygens (including phenoxy) is 6. The number of esters is 1. The van der Waals surface area contributed by atoms with E-state index in [9.17, 15) is 4.79 Å². The molecule has 166 valence electrons. The van der Waals surface area contributed by atoms with Crippen LogP contribution in [0.3, 0.4) is 0 Å². The lowest BCUT2D eigenvalue weighted by molar-refractivity contribution is -0.352. The summed E-state index contributed by atoms with van der Waals surface area (Å²) in [6.07, 6.45) is 3.08. The predicted octanol–water partition coefficient (Wildman–Crippen LogP) is 2.99. The lowest BCUT2D eigenvalue weighted by Crippen LogP contribution is -2.61. The van der Waals surface area contributed by atoms with Crippen LogP contribution in [0.25, 0.3) is 0 Å². The first-order valence-corrected chi connectivity index (χ1v) is 10.9. The SMILES string of the molecule is COC12CCCOC1C[C@@H]1O[C@H](CCCOC(C)=O)[C@H](OCc3ccccc3)C1O2. The van der Waals surface area contributed by atoms with Gasteiger partial charge in [-0.2, -0.15) is 0 Å². The number of rotatable bonds is 8. The van der Waals surface area contributed by atoms with Gasteiger partial charge in [-0.05, 0) is 24.8 Å². The molecule has 3 saturated heterocycles. The molecule has 6 atom stereocenters. The van der Waals surface area contributed by atoms with E-state index in [1.165, 1.54) is 6.92 Å². The number of carbonyl (C=O) groups excluding carboxylic acids is 1. The van der Waals surface area contributed by atoms with Crippen LogP contribution in [0, 0.1) is 0 Å². The highest BCUT2D eigenvalue weighted by molar-refractivity contribution is 5.65. The fourth-order valence-electron chi connectivity index (χ4n) is 4.77. The second kappa shape index (κ2) is 9.75. The van der Waals surface area contributed by atoms with Crippen molar-refractivity contribution in [1.82, 2.24) is 0 Å². The van der Waals surface area contributed by atoms with Crippen molar-refractivity contribution in [2.45, 2.75) is 81.9 Å². The zero-order chi connectivity index (χ0) is 21.0. The van der Waals surface area contributed by atoms with E-state index in [4.69, 9.17) is 28.4 Å². The van der Waals surface area contributed by atoms with Crippen LogP contribution in [-0.2, 0) is 39.8 Å². The molecule has 0 N–H and O–H groups in total. The quantitative estimate of drug-likeness (QED) is 0.473. The minimum atomic E-state index is -0.732. The maximum absolute atomic E-state index is 11.1. The average Bonchev–Trinajstić information content (AvgIpc) is 3.09. The molecule has 0 aromatic heterocycles. The van der Waals surface area contributed by atoms with E-state index in [2.05, 4.69) is 0 Å². The largest absolute Gasteiger partial charge is 0.466 e. The highest BCUT2D eigenvalue weighted by Gasteiger charge is 2.58. The molecule has 0 spiro atoms. The number of carbonyl (C=O) groups is 1. The molecule has 30 heavy (non-hydrogen) atoms. The Morgan fingerprint density at radius 1 is 1.27 bits per heavy atom. The second-order valence-corrected chi connectivity index (χ2v) is 8.25. The average molecular weight is 421 g/mol. The zero-order valence-corrected chi connectivity index (χ0v) is 17.8. The first-order chi connectivity index (χ1) is 14.6. The van der Waals surface area contributed by atoms with Crippen LogP contribution in [0.4, 0.5) is 0 Å². The number of hydrogen-bond acceptors (Lipinski definition) is 7. The third-order valence-corrected chi connectivity index (χ3v) is 6.24. The maximum atomic E-state index is 11.1. The van der Waals surface area contributed by atoms with Gasteiger partial charge >= 0.3 is 5.97 Å². The van der Waals surface area contributed by atoms with Gasteiger partial charge in [0.05, 0.1) is 25.4 Å². The van der Waals surface area contributed by atoms with Gasteiger partial charge in [-0.15, -0.1) is 0 Å². The Labute approximate surface area is 177 Å². The number of methoxy groups -OCH3 is 1. The molecule has 0 aliphatic carbocycles. The molecule has 3 aliphatic heterocycles. The Balaban J connectivity index is 1.46. The predicted molar refractivity (Wildman–Crippen MR) is 108 cm³/mol. The third kappa shape index (κ3) is 4.70. The van der Waals surface area contributed by atoms with Gasteiger partial charge in [0.1, 0.15) is 18.3 Å². The topological polar surface area (TPSA) is 72.5 Å². The summed E-state index contributed by atoms with van der Waals surface area (Å²) in [6, 6.07) is 10.1. The van der Waals surface area contributed by atoms with Crippen LogP contribution < -0.4 is 0 Å². The van der Waals surface area contributed by atoms with Crippen LogP contribution in [0.2, 0.25) is 0 Å². The maximum Gasteiger partial charge on any atom is 0.302 e. The summed E-state index contributed by atoms with van der Waals surface area (Å²) >= 11 is 0. The fourth-order valence-corrected chi connectivity index (χ4v) is 4.77. The van der Waals surface area contributed by atoms with Crippen LogP contribution in [0.5, 0.6) is 0 Å². The van der Waals surface area contributed by atoms with E-state index >= 15 is 0 Å². The molecule has 1 aromatic rings. The van der Waals surface area contributed by atoms with Crippen molar-refractivity contribution in [3.63, 3.8) is 0 Å². The Hall–Kier alpha value is -1.51. The number of hydrogen-bond donors (Lipinski definition) is 0. The molecule has 0 saturated carbocycles. The summed E-state index contributed by atoms with van der Waals surface area (Å²) in [4.78, 5) is 11.1. The summed E-state index contributed by atoms with van der Waals surface area (Å²) in [5, 5.41) is 0. The van der Waals surface area contributed by atoms with Gasteiger partial charge in [0.2, 0.25) is 0 Å². The molecule has 7 heteroatoms. The standard InChI is InChI=1S/C23H32O7/c1-16(24)26-12-6-10-18-21(28-15-17-8-4-3-5-9-17)22-19(29-18)14-20-23(25-2,30-22)11-7-13-27-20/h3-5,8-9,18-22H,6-7,10-15H2,1-2H3/t18-,19+,20?,21+,22?,23?/m1/s1. The smallest absolute Gasteiger partial charge is 0.302 e. The van der Waals surface area contributed by atoms with E-state index in [-0.39, 0.29) is 36.5 Å². The fraction of sp³-hybridized carbons (Fsp3) is 0.696. The molecule has 3 aliphatic rings. The lowest BCUT2D eigenvalue weighted by atomic mass is 9.89. The zero-order valence-electron chi connectivity index (χ0n) is 17.8. The Morgan fingerprint density at radius 2 is 2.10 bits per heavy atom. The van der Waals surface area contributed by atoms with Crippen LogP contribution in [0.1, 0.15) is 44.6 Å².